The third-order valence-corrected chi connectivity index (χ3v) is 8.91. The molecule has 0 aliphatic carbocycles. The number of fused-ring (bicyclic) bond motifs is 1. The van der Waals surface area contributed by atoms with E-state index in [-0.39, 0.29) is 30.4 Å². The first-order valence-electron chi connectivity index (χ1n) is 12.1. The molecule has 0 aliphatic rings. The van der Waals surface area contributed by atoms with E-state index in [4.69, 9.17) is 10.2 Å². The van der Waals surface area contributed by atoms with Crippen molar-refractivity contribution in [2.45, 2.75) is 28.2 Å². The molecule has 11 heteroatoms. The summed E-state index contributed by atoms with van der Waals surface area (Å²) in [5, 5.41) is 18.6. The van der Waals surface area contributed by atoms with Crippen molar-refractivity contribution in [1.82, 2.24) is 19.7 Å². The Labute approximate surface area is 237 Å². The number of halogens is 1. The van der Waals surface area contributed by atoms with Gasteiger partial charge in [-0.05, 0) is 42.0 Å². The Kier molecular flexibility index (Phi) is 8.88. The lowest BCUT2D eigenvalue weighted by atomic mass is 10.2. The van der Waals surface area contributed by atoms with E-state index >= 15 is 0 Å². The molecule has 5 rings (SSSR count). The molecule has 0 spiro atoms. The van der Waals surface area contributed by atoms with Crippen LogP contribution >= 0.6 is 34.9 Å². The van der Waals surface area contributed by atoms with Crippen molar-refractivity contribution in [1.29, 1.82) is 5.26 Å². The summed E-state index contributed by atoms with van der Waals surface area (Å²) in [6.45, 7) is 0.790. The number of anilines is 1. The van der Waals surface area contributed by atoms with E-state index in [1.54, 1.807) is 35.2 Å². The van der Waals surface area contributed by atoms with Gasteiger partial charge >= 0.3 is 0 Å². The van der Waals surface area contributed by atoms with Crippen LogP contribution in [-0.2, 0) is 17.1 Å². The quantitative estimate of drug-likeness (QED) is 0.169. The summed E-state index contributed by atoms with van der Waals surface area (Å²) in [7, 11) is 0. The van der Waals surface area contributed by atoms with Gasteiger partial charge in [0.25, 0.3) is 0 Å². The topological polar surface area (TPSA) is 87.7 Å². The number of benzene rings is 3. The number of carbonyl (C=O) groups excluding carboxylic acids is 1. The predicted octanol–water partition coefficient (Wildman–Crippen LogP) is 6.41. The molecule has 0 saturated carbocycles. The fourth-order valence-electron chi connectivity index (χ4n) is 3.88. The molecule has 0 N–H and O–H groups in total. The van der Waals surface area contributed by atoms with Crippen LogP contribution < -0.4 is 4.90 Å². The highest BCUT2D eigenvalue weighted by Gasteiger charge is 2.20. The van der Waals surface area contributed by atoms with Crippen LogP contribution in [0, 0.1) is 17.1 Å². The maximum Gasteiger partial charge on any atom is 0.237 e. The molecule has 5 aromatic rings. The lowest BCUT2D eigenvalue weighted by Gasteiger charge is -2.21. The summed E-state index contributed by atoms with van der Waals surface area (Å²) in [4.78, 5) is 19.4. The van der Waals surface area contributed by atoms with E-state index < -0.39 is 0 Å². The third kappa shape index (κ3) is 6.84. The van der Waals surface area contributed by atoms with Gasteiger partial charge in [-0.25, -0.2) is 9.37 Å². The van der Waals surface area contributed by atoms with Crippen LogP contribution in [-0.4, -0.2) is 38.0 Å². The molecule has 3 aromatic carbocycles. The van der Waals surface area contributed by atoms with Crippen molar-refractivity contribution in [2.24, 2.45) is 0 Å². The Morgan fingerprint density at radius 3 is 2.54 bits per heavy atom. The molecule has 0 bridgehead atoms. The summed E-state index contributed by atoms with van der Waals surface area (Å²) in [6, 6.07) is 25.9. The Bertz CT molecular complexity index is 1560. The van der Waals surface area contributed by atoms with Gasteiger partial charge in [-0.1, -0.05) is 66.0 Å². The largest absolute Gasteiger partial charge is 0.311 e. The van der Waals surface area contributed by atoms with Crippen molar-refractivity contribution in [2.75, 3.05) is 17.2 Å². The van der Waals surface area contributed by atoms with Gasteiger partial charge in [-0.2, -0.15) is 5.26 Å². The van der Waals surface area contributed by atoms with Crippen LogP contribution in [0.5, 0.6) is 0 Å². The monoisotopic (exact) mass is 574 g/mol. The van der Waals surface area contributed by atoms with E-state index in [1.165, 1.54) is 28.8 Å². The fraction of sp³-hybridized carbons (Fsp3) is 0.179. The molecule has 196 valence electrons. The van der Waals surface area contributed by atoms with Crippen LogP contribution in [0.2, 0.25) is 0 Å². The summed E-state index contributed by atoms with van der Waals surface area (Å²) in [5.74, 6) is 0.893. The van der Waals surface area contributed by atoms with Gasteiger partial charge in [0.15, 0.2) is 9.50 Å². The molecule has 0 fully saturated rings. The summed E-state index contributed by atoms with van der Waals surface area (Å²) >= 11 is 4.56. The first-order chi connectivity index (χ1) is 19.1. The van der Waals surface area contributed by atoms with E-state index in [2.05, 4.69) is 22.3 Å². The van der Waals surface area contributed by atoms with Crippen LogP contribution in [0.1, 0.15) is 17.8 Å². The van der Waals surface area contributed by atoms with Crippen LogP contribution in [0.25, 0.3) is 10.2 Å². The van der Waals surface area contributed by atoms with Gasteiger partial charge < -0.3 is 9.47 Å². The van der Waals surface area contributed by atoms with E-state index in [0.717, 1.165) is 25.9 Å². The van der Waals surface area contributed by atoms with Crippen LogP contribution in [0.3, 0.4) is 0 Å². The number of nitrogens with zero attached hydrogens (tertiary/aromatic N) is 6. The Morgan fingerprint density at radius 2 is 1.77 bits per heavy atom. The molecule has 0 aliphatic heterocycles. The number of nitriles is 1. The molecular weight excluding hydrogens is 552 g/mol. The number of aromatic nitrogens is 4. The van der Waals surface area contributed by atoms with Crippen LogP contribution in [0.4, 0.5) is 10.1 Å². The van der Waals surface area contributed by atoms with E-state index in [0.29, 0.717) is 23.1 Å². The van der Waals surface area contributed by atoms with Gasteiger partial charge in [0.05, 0.1) is 40.8 Å². The highest BCUT2D eigenvalue weighted by molar-refractivity contribution is 8.00. The normalized spacial score (nSPS) is 11.0. The number of hydrogen-bond acceptors (Lipinski definition) is 8. The zero-order valence-electron chi connectivity index (χ0n) is 20.7. The van der Waals surface area contributed by atoms with Gasteiger partial charge in [-0.15, -0.1) is 21.5 Å². The van der Waals surface area contributed by atoms with Gasteiger partial charge in [0, 0.05) is 12.2 Å². The number of rotatable bonds is 11. The second-order valence-electron chi connectivity index (χ2n) is 8.43. The molecule has 0 atom stereocenters. The molecule has 2 heterocycles. The van der Waals surface area contributed by atoms with Gasteiger partial charge in [0.2, 0.25) is 5.91 Å². The minimum Gasteiger partial charge on any atom is -0.311 e. The van der Waals surface area contributed by atoms with Crippen molar-refractivity contribution in [3.63, 3.8) is 0 Å². The molecule has 39 heavy (non-hydrogen) atoms. The van der Waals surface area contributed by atoms with Gasteiger partial charge in [-0.3, -0.25) is 4.79 Å². The van der Waals surface area contributed by atoms with Crippen molar-refractivity contribution >= 4 is 56.7 Å². The molecular formula is C28H23FN6OS3. The third-order valence-electron chi connectivity index (χ3n) is 5.79. The first-order valence-corrected chi connectivity index (χ1v) is 14.9. The average Bonchev–Trinajstić information content (AvgIpc) is 3.55. The maximum atomic E-state index is 13.4. The lowest BCUT2D eigenvalue weighted by molar-refractivity contribution is -0.116. The number of para-hydroxylation sites is 1. The maximum absolute atomic E-state index is 13.4. The average molecular weight is 575 g/mol. The molecule has 0 radical (unpaired) electrons. The highest BCUT2D eigenvalue weighted by Crippen LogP contribution is 2.32. The zero-order valence-corrected chi connectivity index (χ0v) is 23.2. The van der Waals surface area contributed by atoms with Crippen LogP contribution in [0.15, 0.2) is 88.4 Å². The number of thioether (sulfide) groups is 2. The van der Waals surface area contributed by atoms with E-state index in [1.807, 2.05) is 53.1 Å². The van der Waals surface area contributed by atoms with Crippen molar-refractivity contribution in [3.8, 4) is 6.07 Å². The first kappa shape index (κ1) is 26.9. The zero-order chi connectivity index (χ0) is 27.0. The second kappa shape index (κ2) is 12.9. The lowest BCUT2D eigenvalue weighted by Crippen LogP contribution is -2.33. The standard InChI is InChI=1S/C28H23FN6OS3/c29-21-11-13-22(14-12-21)34(16-6-15-30)26(36)19-37-27-33-32-25(35(27)17-20-7-2-1-3-8-20)18-38-28-31-23-9-4-5-10-24(23)39-28/h1-5,7-14H,6,16-19H2. The molecule has 7 nitrogen and oxygen atoms in total. The Balaban J connectivity index is 1.33. The fourth-order valence-corrected chi connectivity index (χ4v) is 6.72. The SMILES string of the molecule is N#CCCN(C(=O)CSc1nnc(CSc2nc3ccccc3s2)n1Cc1ccccc1)c1ccc(F)cc1. The summed E-state index contributed by atoms with van der Waals surface area (Å²) < 4.78 is 17.6. The van der Waals surface area contributed by atoms with Gasteiger partial charge in [0.1, 0.15) is 11.6 Å². The molecule has 0 saturated heterocycles. The molecule has 1 amide bonds. The number of hydrogen-bond donors (Lipinski definition) is 0. The number of thiazole rings is 1. The minimum atomic E-state index is -0.383. The summed E-state index contributed by atoms with van der Waals surface area (Å²) in [5.41, 5.74) is 2.63. The van der Waals surface area contributed by atoms with E-state index in [9.17, 15) is 9.18 Å². The molecule has 2 aromatic heterocycles. The second-order valence-corrected chi connectivity index (χ2v) is 11.6. The van der Waals surface area contributed by atoms with Crippen molar-refractivity contribution < 1.29 is 9.18 Å². The smallest absolute Gasteiger partial charge is 0.237 e. The Morgan fingerprint density at radius 1 is 1.00 bits per heavy atom. The highest BCUT2D eigenvalue weighted by atomic mass is 32.2. The summed E-state index contributed by atoms with van der Waals surface area (Å²) in [6.07, 6.45) is 0.172. The number of amides is 1. The minimum absolute atomic E-state index is 0.0980. The predicted molar refractivity (Wildman–Crippen MR) is 154 cm³/mol. The van der Waals surface area contributed by atoms with Crippen molar-refractivity contribution in [3.05, 3.63) is 96.1 Å². The molecule has 0 unspecified atom stereocenters. The Hall–Kier alpha value is -3.72. The number of carbonyl (C=O) groups is 1.